The van der Waals surface area contributed by atoms with Crippen LogP contribution in [0.4, 0.5) is 17.1 Å². The van der Waals surface area contributed by atoms with Gasteiger partial charge >= 0.3 is 0 Å². The van der Waals surface area contributed by atoms with Gasteiger partial charge in [0.1, 0.15) is 17.1 Å². The maximum atomic E-state index is 7.34. The largest absolute Gasteiger partial charge is 0.459 e. The first kappa shape index (κ1) is 32.0. The van der Waals surface area contributed by atoms with Gasteiger partial charge in [0.15, 0.2) is 5.75 Å². The molecule has 2 spiro atoms. The minimum absolute atomic E-state index is 0.0186. The van der Waals surface area contributed by atoms with Crippen LogP contribution in [0.3, 0.4) is 0 Å². The van der Waals surface area contributed by atoms with Crippen molar-refractivity contribution in [2.75, 3.05) is 4.90 Å². The summed E-state index contributed by atoms with van der Waals surface area (Å²) in [5, 5.41) is 1.10. The second kappa shape index (κ2) is 11.8. The maximum absolute atomic E-state index is 7.34. The van der Waals surface area contributed by atoms with Crippen molar-refractivity contribution in [3.63, 3.8) is 0 Å². The molecule has 2 heterocycles. The Labute approximate surface area is 327 Å². The monoisotopic (exact) mass is 723 g/mol. The summed E-state index contributed by atoms with van der Waals surface area (Å²) < 4.78 is 14.1. The van der Waals surface area contributed by atoms with Crippen LogP contribution >= 0.6 is 0 Å². The molecular weight excluding hydrogens is 683 g/mol. The lowest BCUT2D eigenvalue weighted by Crippen LogP contribution is -2.32. The Bertz CT molecular complexity index is 2840. The van der Waals surface area contributed by atoms with Crippen LogP contribution in [-0.2, 0) is 17.3 Å². The molecule has 7 aromatic carbocycles. The second-order valence-electron chi connectivity index (χ2n) is 16.0. The molecule has 8 aromatic rings. The predicted octanol–water partition coefficient (Wildman–Crippen LogP) is 14.2. The first-order valence-corrected chi connectivity index (χ1v) is 20.4. The lowest BCUT2D eigenvalue weighted by Gasteiger charge is -2.41. The van der Waals surface area contributed by atoms with E-state index < -0.39 is 5.41 Å². The third kappa shape index (κ3) is 4.02. The summed E-state index contributed by atoms with van der Waals surface area (Å²) in [5.41, 5.74) is 16.7. The van der Waals surface area contributed by atoms with Crippen LogP contribution in [0.5, 0.6) is 11.5 Å². The standard InChI is InChI=1S/C53H41NO2/c1-2-46-50(37-21-7-12-30-47(37)55-46)54(44-28-16-26-42-49(44)36-20-6-8-22-38(36)52(42)32-14-3-15-33-52)45-29-17-27-43-51(45)56-48-31-13-11-25-41(48)53(43)39-23-9-4-18-34(39)35-19-5-10-24-40(35)53/h4-13,16-31H,2-3,14-15,32-33H2,1H3. The lowest BCUT2D eigenvalue weighted by atomic mass is 9.66. The van der Waals surface area contributed by atoms with Crippen molar-refractivity contribution < 1.29 is 9.15 Å². The van der Waals surface area contributed by atoms with Gasteiger partial charge < -0.3 is 14.1 Å². The molecule has 0 unspecified atom stereocenters. The number of hydrogen-bond acceptors (Lipinski definition) is 3. The zero-order valence-electron chi connectivity index (χ0n) is 31.5. The second-order valence-corrected chi connectivity index (χ2v) is 16.0. The van der Waals surface area contributed by atoms with Crippen LogP contribution in [-0.4, -0.2) is 0 Å². The van der Waals surface area contributed by atoms with Gasteiger partial charge in [-0.3, -0.25) is 0 Å². The van der Waals surface area contributed by atoms with Crippen molar-refractivity contribution in [2.45, 2.75) is 56.3 Å². The van der Waals surface area contributed by atoms with Crippen molar-refractivity contribution in [3.8, 4) is 33.8 Å². The third-order valence-corrected chi connectivity index (χ3v) is 13.5. The van der Waals surface area contributed by atoms with Gasteiger partial charge in [-0.1, -0.05) is 154 Å². The molecule has 3 heteroatoms. The van der Waals surface area contributed by atoms with Gasteiger partial charge in [0.2, 0.25) is 0 Å². The van der Waals surface area contributed by atoms with Crippen molar-refractivity contribution in [1.29, 1.82) is 0 Å². The Hall–Kier alpha value is -6.32. The minimum Gasteiger partial charge on any atom is -0.459 e. The summed E-state index contributed by atoms with van der Waals surface area (Å²) in [4.78, 5) is 2.51. The van der Waals surface area contributed by atoms with Gasteiger partial charge in [-0.15, -0.1) is 0 Å². The van der Waals surface area contributed by atoms with Crippen molar-refractivity contribution >= 4 is 28.0 Å². The summed E-state index contributed by atoms with van der Waals surface area (Å²) in [5.74, 6) is 2.72. The first-order valence-electron chi connectivity index (χ1n) is 20.4. The fraction of sp³-hybridized carbons (Fsp3) is 0.170. The van der Waals surface area contributed by atoms with Gasteiger partial charge in [-0.05, 0) is 82.1 Å². The van der Waals surface area contributed by atoms with Gasteiger partial charge in [0.25, 0.3) is 0 Å². The predicted molar refractivity (Wildman–Crippen MR) is 227 cm³/mol. The van der Waals surface area contributed by atoms with E-state index in [0.717, 1.165) is 57.3 Å². The number of para-hydroxylation sites is 3. The van der Waals surface area contributed by atoms with Crippen LogP contribution < -0.4 is 9.64 Å². The molecule has 0 atom stereocenters. The van der Waals surface area contributed by atoms with Crippen molar-refractivity contribution in [3.05, 3.63) is 197 Å². The number of anilines is 3. The number of furan rings is 1. The molecule has 12 rings (SSSR count). The van der Waals surface area contributed by atoms with Gasteiger partial charge in [-0.25, -0.2) is 0 Å². The van der Waals surface area contributed by atoms with Crippen molar-refractivity contribution in [2.24, 2.45) is 0 Å². The van der Waals surface area contributed by atoms with E-state index in [2.05, 4.69) is 170 Å². The summed E-state index contributed by atoms with van der Waals surface area (Å²) in [6.45, 7) is 2.20. The minimum atomic E-state index is -0.567. The van der Waals surface area contributed by atoms with E-state index in [4.69, 9.17) is 9.15 Å². The number of hydrogen-bond donors (Lipinski definition) is 0. The average Bonchev–Trinajstić information content (AvgIpc) is 3.87. The normalized spacial score (nSPS) is 16.1. The van der Waals surface area contributed by atoms with E-state index >= 15 is 0 Å². The Morgan fingerprint density at radius 2 is 1.11 bits per heavy atom. The summed E-state index contributed by atoms with van der Waals surface area (Å²) in [6.07, 6.45) is 6.90. The van der Waals surface area contributed by atoms with E-state index in [1.54, 1.807) is 0 Å². The molecule has 1 saturated carbocycles. The molecular formula is C53H41NO2. The Kier molecular flexibility index (Phi) is 6.76. The Balaban J connectivity index is 1.21. The van der Waals surface area contributed by atoms with Crippen LogP contribution in [0.15, 0.2) is 162 Å². The highest BCUT2D eigenvalue weighted by Gasteiger charge is 2.52. The fourth-order valence-electron chi connectivity index (χ4n) is 11.3. The number of fused-ring (bicyclic) bond motifs is 15. The molecule has 3 nitrogen and oxygen atoms in total. The highest BCUT2D eigenvalue weighted by Crippen LogP contribution is 2.65. The van der Waals surface area contributed by atoms with Crippen LogP contribution in [0.25, 0.3) is 33.2 Å². The first-order chi connectivity index (χ1) is 27.7. The molecule has 4 aliphatic rings. The highest BCUT2D eigenvalue weighted by atomic mass is 16.5. The van der Waals surface area contributed by atoms with E-state index in [1.165, 1.54) is 82.2 Å². The van der Waals surface area contributed by atoms with E-state index in [1.807, 2.05) is 0 Å². The SMILES string of the molecule is CCc1oc2ccccc2c1N(c1cccc2c1Oc1ccccc1C21c2ccccc2-c2ccccc21)c1cccc2c1-c1ccccc1C21CCCCC1. The molecule has 1 aliphatic heterocycles. The number of ether oxygens (including phenoxy) is 1. The molecule has 0 radical (unpaired) electrons. The topological polar surface area (TPSA) is 25.6 Å². The lowest BCUT2D eigenvalue weighted by molar-refractivity contribution is 0.353. The third-order valence-electron chi connectivity index (χ3n) is 13.5. The van der Waals surface area contributed by atoms with E-state index in [0.29, 0.717) is 0 Å². The Morgan fingerprint density at radius 3 is 1.86 bits per heavy atom. The molecule has 56 heavy (non-hydrogen) atoms. The molecule has 270 valence electrons. The van der Waals surface area contributed by atoms with E-state index in [9.17, 15) is 0 Å². The zero-order valence-corrected chi connectivity index (χ0v) is 31.5. The van der Waals surface area contributed by atoms with Gasteiger partial charge in [0, 0.05) is 33.9 Å². The molecule has 1 aromatic heterocycles. The number of nitrogens with zero attached hydrogens (tertiary/aromatic N) is 1. The van der Waals surface area contributed by atoms with Crippen LogP contribution in [0.2, 0.25) is 0 Å². The van der Waals surface area contributed by atoms with Gasteiger partial charge in [-0.2, -0.15) is 0 Å². The summed E-state index contributed by atoms with van der Waals surface area (Å²) in [7, 11) is 0. The Morgan fingerprint density at radius 1 is 0.518 bits per heavy atom. The zero-order chi connectivity index (χ0) is 37.0. The molecule has 0 amide bonds. The average molecular weight is 724 g/mol. The summed E-state index contributed by atoms with van der Waals surface area (Å²) >= 11 is 0. The van der Waals surface area contributed by atoms with Gasteiger partial charge in [0.05, 0.1) is 22.5 Å². The van der Waals surface area contributed by atoms with Crippen LogP contribution in [0.1, 0.15) is 78.2 Å². The highest BCUT2D eigenvalue weighted by molar-refractivity contribution is 6.04. The van der Waals surface area contributed by atoms with E-state index in [-0.39, 0.29) is 5.41 Å². The number of benzene rings is 7. The molecule has 3 aliphatic carbocycles. The number of aryl methyl sites for hydroxylation is 1. The molecule has 0 N–H and O–H groups in total. The molecule has 0 bridgehead atoms. The molecule has 0 saturated heterocycles. The summed E-state index contributed by atoms with van der Waals surface area (Å²) in [6, 6.07) is 58.3. The number of rotatable bonds is 4. The molecule has 1 fully saturated rings. The smallest absolute Gasteiger partial charge is 0.156 e. The maximum Gasteiger partial charge on any atom is 0.156 e. The van der Waals surface area contributed by atoms with Crippen molar-refractivity contribution in [1.82, 2.24) is 0 Å². The quantitative estimate of drug-likeness (QED) is 0.181. The fourth-order valence-corrected chi connectivity index (χ4v) is 11.3. The van der Waals surface area contributed by atoms with Crippen LogP contribution in [0, 0.1) is 0 Å².